The van der Waals surface area contributed by atoms with Crippen molar-refractivity contribution in [3.63, 3.8) is 0 Å². The lowest BCUT2D eigenvalue weighted by Gasteiger charge is -2.18. The van der Waals surface area contributed by atoms with Crippen LogP contribution < -0.4 is 4.74 Å². The average Bonchev–Trinajstić information content (AvgIpc) is 2.40. The SMILES string of the molecule is CCOc1ccc(C)cc1C(O)c1c(Cl)cccc1Cl. The summed E-state index contributed by atoms with van der Waals surface area (Å²) in [4.78, 5) is 0. The second kappa shape index (κ2) is 6.49. The molecule has 4 heteroatoms. The number of aliphatic hydroxyl groups excluding tert-OH is 1. The third kappa shape index (κ3) is 3.09. The molecule has 0 heterocycles. The van der Waals surface area contributed by atoms with Crippen LogP contribution in [0.4, 0.5) is 0 Å². The number of ether oxygens (including phenoxy) is 1. The highest BCUT2D eigenvalue weighted by Crippen LogP contribution is 2.37. The average molecular weight is 311 g/mol. The molecule has 1 atom stereocenters. The minimum Gasteiger partial charge on any atom is -0.493 e. The molecule has 0 saturated heterocycles. The van der Waals surface area contributed by atoms with Crippen molar-refractivity contribution in [2.24, 2.45) is 0 Å². The molecule has 0 spiro atoms. The first-order chi connectivity index (χ1) is 9.54. The largest absolute Gasteiger partial charge is 0.493 e. The van der Waals surface area contributed by atoms with Crippen molar-refractivity contribution in [2.75, 3.05) is 6.61 Å². The Labute approximate surface area is 128 Å². The number of benzene rings is 2. The van der Waals surface area contributed by atoms with E-state index in [0.717, 1.165) is 5.56 Å². The summed E-state index contributed by atoms with van der Waals surface area (Å²) < 4.78 is 5.57. The number of hydrogen-bond acceptors (Lipinski definition) is 2. The summed E-state index contributed by atoms with van der Waals surface area (Å²) in [5.74, 6) is 0.640. The third-order valence-corrected chi connectivity index (χ3v) is 3.69. The Morgan fingerprint density at radius 1 is 1.15 bits per heavy atom. The van der Waals surface area contributed by atoms with Gasteiger partial charge in [0.15, 0.2) is 0 Å². The van der Waals surface area contributed by atoms with Crippen molar-refractivity contribution < 1.29 is 9.84 Å². The van der Waals surface area contributed by atoms with Gasteiger partial charge in [0, 0.05) is 21.2 Å². The van der Waals surface area contributed by atoms with Crippen molar-refractivity contribution in [1.29, 1.82) is 0 Å². The predicted molar refractivity (Wildman–Crippen MR) is 82.9 cm³/mol. The molecular formula is C16H16Cl2O2. The molecule has 0 saturated carbocycles. The highest BCUT2D eigenvalue weighted by molar-refractivity contribution is 6.36. The standard InChI is InChI=1S/C16H16Cl2O2/c1-3-20-14-8-7-10(2)9-11(14)16(19)15-12(17)5-4-6-13(15)18/h4-9,16,19H,3H2,1-2H3. The lowest BCUT2D eigenvalue weighted by Crippen LogP contribution is -2.05. The minimum atomic E-state index is -0.919. The Kier molecular flexibility index (Phi) is 4.92. The van der Waals surface area contributed by atoms with Crippen molar-refractivity contribution in [2.45, 2.75) is 20.0 Å². The van der Waals surface area contributed by atoms with E-state index >= 15 is 0 Å². The molecule has 2 aromatic rings. The Morgan fingerprint density at radius 3 is 2.40 bits per heavy atom. The van der Waals surface area contributed by atoms with Crippen LogP contribution in [0.5, 0.6) is 5.75 Å². The molecule has 1 unspecified atom stereocenters. The molecule has 0 aromatic heterocycles. The summed E-state index contributed by atoms with van der Waals surface area (Å²) in [5.41, 5.74) is 2.20. The molecule has 0 bridgehead atoms. The van der Waals surface area contributed by atoms with Gasteiger partial charge in [-0.1, -0.05) is 40.9 Å². The van der Waals surface area contributed by atoms with Gasteiger partial charge in [0.05, 0.1) is 6.61 Å². The monoisotopic (exact) mass is 310 g/mol. The van der Waals surface area contributed by atoms with Gasteiger partial charge < -0.3 is 9.84 Å². The number of hydrogen-bond donors (Lipinski definition) is 1. The number of aliphatic hydroxyl groups is 1. The van der Waals surface area contributed by atoms with Gasteiger partial charge in [-0.3, -0.25) is 0 Å². The van der Waals surface area contributed by atoms with E-state index < -0.39 is 6.10 Å². The summed E-state index contributed by atoms with van der Waals surface area (Å²) in [6, 6.07) is 10.8. The van der Waals surface area contributed by atoms with Crippen LogP contribution in [0.3, 0.4) is 0 Å². The zero-order valence-corrected chi connectivity index (χ0v) is 12.9. The zero-order chi connectivity index (χ0) is 14.7. The van der Waals surface area contributed by atoms with E-state index in [1.165, 1.54) is 0 Å². The first-order valence-corrected chi connectivity index (χ1v) is 7.15. The summed E-state index contributed by atoms with van der Waals surface area (Å²) in [6.07, 6.45) is -0.919. The lowest BCUT2D eigenvalue weighted by molar-refractivity contribution is 0.212. The Bertz CT molecular complexity index is 591. The molecule has 2 rings (SSSR count). The van der Waals surface area contributed by atoms with Gasteiger partial charge in [0.25, 0.3) is 0 Å². The van der Waals surface area contributed by atoms with Crippen LogP contribution in [0, 0.1) is 6.92 Å². The Morgan fingerprint density at radius 2 is 1.80 bits per heavy atom. The maximum absolute atomic E-state index is 10.6. The smallest absolute Gasteiger partial charge is 0.125 e. The van der Waals surface area contributed by atoms with Crippen LogP contribution in [-0.2, 0) is 0 Å². The van der Waals surface area contributed by atoms with E-state index in [1.807, 2.05) is 32.0 Å². The van der Waals surface area contributed by atoms with E-state index in [9.17, 15) is 5.11 Å². The fourth-order valence-electron chi connectivity index (χ4n) is 2.10. The minimum absolute atomic E-state index is 0.439. The van der Waals surface area contributed by atoms with E-state index in [2.05, 4.69) is 0 Å². The highest BCUT2D eigenvalue weighted by atomic mass is 35.5. The highest BCUT2D eigenvalue weighted by Gasteiger charge is 2.21. The van der Waals surface area contributed by atoms with Crippen LogP contribution in [0.25, 0.3) is 0 Å². The third-order valence-electron chi connectivity index (χ3n) is 3.03. The Balaban J connectivity index is 2.52. The van der Waals surface area contributed by atoms with Gasteiger partial charge in [-0.2, -0.15) is 0 Å². The normalized spacial score (nSPS) is 12.2. The first-order valence-electron chi connectivity index (χ1n) is 6.40. The van der Waals surface area contributed by atoms with E-state index in [4.69, 9.17) is 27.9 Å². The fraction of sp³-hybridized carbons (Fsp3) is 0.250. The topological polar surface area (TPSA) is 29.5 Å². The second-order valence-corrected chi connectivity index (χ2v) is 5.33. The molecule has 1 N–H and O–H groups in total. The fourth-order valence-corrected chi connectivity index (χ4v) is 2.70. The van der Waals surface area contributed by atoms with Gasteiger partial charge in [-0.25, -0.2) is 0 Å². The maximum atomic E-state index is 10.6. The van der Waals surface area contributed by atoms with E-state index in [1.54, 1.807) is 18.2 Å². The van der Waals surface area contributed by atoms with Crippen LogP contribution in [0.1, 0.15) is 29.7 Å². The van der Waals surface area contributed by atoms with E-state index in [0.29, 0.717) is 33.5 Å². The molecule has 2 nitrogen and oxygen atoms in total. The second-order valence-electron chi connectivity index (χ2n) is 4.51. The van der Waals surface area contributed by atoms with Crippen LogP contribution in [0.15, 0.2) is 36.4 Å². The van der Waals surface area contributed by atoms with Gasteiger partial charge in [-0.15, -0.1) is 0 Å². The number of halogens is 2. The van der Waals surface area contributed by atoms with Crippen molar-refractivity contribution in [3.05, 3.63) is 63.1 Å². The van der Waals surface area contributed by atoms with Gasteiger partial charge in [0.1, 0.15) is 11.9 Å². The van der Waals surface area contributed by atoms with Gasteiger partial charge in [-0.05, 0) is 38.1 Å². The van der Waals surface area contributed by atoms with Crippen molar-refractivity contribution in [1.82, 2.24) is 0 Å². The summed E-state index contributed by atoms with van der Waals surface area (Å²) in [5, 5.41) is 11.5. The summed E-state index contributed by atoms with van der Waals surface area (Å²) >= 11 is 12.3. The molecule has 106 valence electrons. The quantitative estimate of drug-likeness (QED) is 0.880. The van der Waals surface area contributed by atoms with Crippen LogP contribution >= 0.6 is 23.2 Å². The molecule has 20 heavy (non-hydrogen) atoms. The van der Waals surface area contributed by atoms with Gasteiger partial charge >= 0.3 is 0 Å². The van der Waals surface area contributed by atoms with Gasteiger partial charge in [0.2, 0.25) is 0 Å². The maximum Gasteiger partial charge on any atom is 0.125 e. The van der Waals surface area contributed by atoms with Crippen LogP contribution in [0.2, 0.25) is 10.0 Å². The lowest BCUT2D eigenvalue weighted by atomic mass is 9.99. The van der Waals surface area contributed by atoms with E-state index in [-0.39, 0.29) is 0 Å². The van der Waals surface area contributed by atoms with Crippen molar-refractivity contribution in [3.8, 4) is 5.75 Å². The molecule has 0 aliphatic heterocycles. The Hall–Kier alpha value is -1.22. The summed E-state index contributed by atoms with van der Waals surface area (Å²) in [6.45, 7) is 4.39. The summed E-state index contributed by atoms with van der Waals surface area (Å²) in [7, 11) is 0. The molecule has 0 aliphatic rings. The number of aryl methyl sites for hydroxylation is 1. The molecule has 0 fully saturated rings. The van der Waals surface area contributed by atoms with Crippen molar-refractivity contribution >= 4 is 23.2 Å². The molecule has 0 radical (unpaired) electrons. The molecule has 0 amide bonds. The molecule has 2 aromatic carbocycles. The first kappa shape index (κ1) is 15.2. The molecular weight excluding hydrogens is 295 g/mol. The zero-order valence-electron chi connectivity index (χ0n) is 11.4. The predicted octanol–water partition coefficient (Wildman–Crippen LogP) is 4.78. The molecule has 0 aliphatic carbocycles. The number of rotatable bonds is 4. The van der Waals surface area contributed by atoms with Crippen LogP contribution in [-0.4, -0.2) is 11.7 Å².